The zero-order valence-electron chi connectivity index (χ0n) is 15.5. The van der Waals surface area contributed by atoms with Gasteiger partial charge >= 0.3 is 0 Å². The van der Waals surface area contributed by atoms with Gasteiger partial charge in [-0.1, -0.05) is 48.3 Å². The number of hydrogen-bond acceptors (Lipinski definition) is 3. The van der Waals surface area contributed by atoms with Crippen LogP contribution in [0.25, 0.3) is 0 Å². The molecule has 0 radical (unpaired) electrons. The summed E-state index contributed by atoms with van der Waals surface area (Å²) >= 11 is 12.1. The minimum atomic E-state index is -3.95. The van der Waals surface area contributed by atoms with Crippen molar-refractivity contribution in [3.05, 3.63) is 58.6 Å². The molecular weight excluding hydrogens is 419 g/mol. The molecule has 1 amide bonds. The molecule has 1 heterocycles. The van der Waals surface area contributed by atoms with Crippen LogP contribution in [0.1, 0.15) is 19.8 Å². The van der Waals surface area contributed by atoms with Crippen molar-refractivity contribution in [3.63, 3.8) is 0 Å². The summed E-state index contributed by atoms with van der Waals surface area (Å²) < 4.78 is 27.7. The fourth-order valence-corrected chi connectivity index (χ4v) is 5.03. The summed E-state index contributed by atoms with van der Waals surface area (Å²) in [6.45, 7) is 3.09. The fraction of sp³-hybridized carbons (Fsp3) is 0.350. The summed E-state index contributed by atoms with van der Waals surface area (Å²) in [6, 6.07) is 12.6. The SMILES string of the molecule is CC1CCCN(C(=O)CN(c2ccc(Cl)c(Cl)c2)S(=O)(=O)c2ccccc2)C1. The molecule has 1 fully saturated rings. The molecule has 1 atom stereocenters. The fourth-order valence-electron chi connectivity index (χ4n) is 3.31. The highest BCUT2D eigenvalue weighted by atomic mass is 35.5. The summed E-state index contributed by atoms with van der Waals surface area (Å²) in [5.74, 6) is 0.180. The topological polar surface area (TPSA) is 57.7 Å². The molecule has 5 nitrogen and oxygen atoms in total. The number of nitrogens with zero attached hydrogens (tertiary/aromatic N) is 2. The van der Waals surface area contributed by atoms with Crippen LogP contribution in [0.15, 0.2) is 53.4 Å². The average Bonchev–Trinajstić information content (AvgIpc) is 2.68. The van der Waals surface area contributed by atoms with Gasteiger partial charge < -0.3 is 4.90 Å². The van der Waals surface area contributed by atoms with Crippen LogP contribution in [-0.2, 0) is 14.8 Å². The Kier molecular flexibility index (Phi) is 6.53. The number of anilines is 1. The number of sulfonamides is 1. The van der Waals surface area contributed by atoms with E-state index in [0.717, 1.165) is 17.1 Å². The van der Waals surface area contributed by atoms with Crippen LogP contribution in [0.4, 0.5) is 5.69 Å². The Bertz CT molecular complexity index is 951. The number of halogens is 2. The van der Waals surface area contributed by atoms with Crippen LogP contribution in [0, 0.1) is 5.92 Å². The molecule has 1 aliphatic rings. The van der Waals surface area contributed by atoms with E-state index in [1.807, 2.05) is 0 Å². The number of rotatable bonds is 5. The van der Waals surface area contributed by atoms with E-state index in [9.17, 15) is 13.2 Å². The maximum absolute atomic E-state index is 13.3. The third kappa shape index (κ3) is 4.62. The van der Waals surface area contributed by atoms with E-state index in [1.54, 1.807) is 29.2 Å². The largest absolute Gasteiger partial charge is 0.341 e. The van der Waals surface area contributed by atoms with Crippen LogP contribution in [0.5, 0.6) is 0 Å². The van der Waals surface area contributed by atoms with Gasteiger partial charge in [-0.25, -0.2) is 8.42 Å². The van der Waals surface area contributed by atoms with E-state index in [0.29, 0.717) is 29.7 Å². The molecule has 1 unspecified atom stereocenters. The number of likely N-dealkylation sites (tertiary alicyclic amines) is 1. The van der Waals surface area contributed by atoms with Gasteiger partial charge in [0.15, 0.2) is 0 Å². The quantitative estimate of drug-likeness (QED) is 0.689. The lowest BCUT2D eigenvalue weighted by Crippen LogP contribution is -2.46. The Labute approximate surface area is 175 Å². The first-order valence-corrected chi connectivity index (χ1v) is 11.3. The molecular formula is C20H22Cl2N2O3S. The van der Waals surface area contributed by atoms with Crippen molar-refractivity contribution in [2.45, 2.75) is 24.7 Å². The van der Waals surface area contributed by atoms with Gasteiger partial charge in [-0.05, 0) is 49.1 Å². The molecule has 0 saturated carbocycles. The van der Waals surface area contributed by atoms with Gasteiger partial charge in [0.1, 0.15) is 6.54 Å². The Morgan fingerprint density at radius 1 is 1.14 bits per heavy atom. The summed E-state index contributed by atoms with van der Waals surface area (Å²) in [5.41, 5.74) is 0.302. The molecule has 150 valence electrons. The first-order chi connectivity index (χ1) is 13.3. The lowest BCUT2D eigenvalue weighted by atomic mass is 10.0. The van der Waals surface area contributed by atoms with Gasteiger partial charge in [-0.15, -0.1) is 0 Å². The maximum atomic E-state index is 13.3. The first kappa shape index (κ1) is 21.0. The third-order valence-electron chi connectivity index (χ3n) is 4.81. The highest BCUT2D eigenvalue weighted by Gasteiger charge is 2.30. The van der Waals surface area contributed by atoms with Crippen LogP contribution >= 0.6 is 23.2 Å². The zero-order chi connectivity index (χ0) is 20.3. The second kappa shape index (κ2) is 8.72. The van der Waals surface area contributed by atoms with Gasteiger partial charge in [0.2, 0.25) is 5.91 Å². The molecule has 0 aliphatic carbocycles. The summed E-state index contributed by atoms with van der Waals surface area (Å²) in [7, 11) is -3.95. The molecule has 0 spiro atoms. The molecule has 1 aliphatic heterocycles. The highest BCUT2D eigenvalue weighted by molar-refractivity contribution is 7.92. The molecule has 0 N–H and O–H groups in total. The van der Waals surface area contributed by atoms with Crippen LogP contribution in [0.3, 0.4) is 0 Å². The molecule has 0 bridgehead atoms. The first-order valence-electron chi connectivity index (χ1n) is 9.09. The highest BCUT2D eigenvalue weighted by Crippen LogP contribution is 2.30. The number of amides is 1. The van der Waals surface area contributed by atoms with E-state index < -0.39 is 10.0 Å². The van der Waals surface area contributed by atoms with Gasteiger partial charge in [0.05, 0.1) is 20.6 Å². The summed E-state index contributed by atoms with van der Waals surface area (Å²) in [5, 5.41) is 0.546. The van der Waals surface area contributed by atoms with Crippen molar-refractivity contribution < 1.29 is 13.2 Å². The van der Waals surface area contributed by atoms with E-state index in [2.05, 4.69) is 6.92 Å². The Hall–Kier alpha value is -1.76. The second-order valence-corrected chi connectivity index (χ2v) is 9.69. The lowest BCUT2D eigenvalue weighted by molar-refractivity contribution is -0.131. The van der Waals surface area contributed by atoms with Gasteiger partial charge in [0.25, 0.3) is 10.0 Å². The number of benzene rings is 2. The van der Waals surface area contributed by atoms with Crippen LogP contribution in [0.2, 0.25) is 10.0 Å². The van der Waals surface area contributed by atoms with Crippen LogP contribution in [-0.4, -0.2) is 38.9 Å². The Balaban J connectivity index is 1.97. The average molecular weight is 441 g/mol. The van der Waals surface area contributed by atoms with E-state index in [-0.39, 0.29) is 22.4 Å². The predicted molar refractivity (Wildman–Crippen MR) is 112 cm³/mol. The van der Waals surface area contributed by atoms with Crippen LogP contribution < -0.4 is 4.31 Å². The van der Waals surface area contributed by atoms with Gasteiger partial charge in [-0.3, -0.25) is 9.10 Å². The summed E-state index contributed by atoms with van der Waals surface area (Å²) in [6.07, 6.45) is 1.99. The predicted octanol–water partition coefficient (Wildman–Crippen LogP) is 4.45. The molecule has 2 aromatic rings. The number of piperidine rings is 1. The molecule has 2 aromatic carbocycles. The van der Waals surface area contributed by atoms with Crippen molar-refractivity contribution in [1.29, 1.82) is 0 Å². The monoisotopic (exact) mass is 440 g/mol. The Morgan fingerprint density at radius 2 is 1.86 bits per heavy atom. The smallest absolute Gasteiger partial charge is 0.264 e. The zero-order valence-corrected chi connectivity index (χ0v) is 17.8. The standard InChI is InChI=1S/C20H22Cl2N2O3S/c1-15-6-5-11-23(13-15)20(25)14-24(16-9-10-18(21)19(22)12-16)28(26,27)17-7-3-2-4-8-17/h2-4,7-10,12,15H,5-6,11,13-14H2,1H3. The lowest BCUT2D eigenvalue weighted by Gasteiger charge is -2.33. The van der Waals surface area contributed by atoms with E-state index in [1.165, 1.54) is 24.3 Å². The van der Waals surface area contributed by atoms with E-state index in [4.69, 9.17) is 23.2 Å². The minimum absolute atomic E-state index is 0.112. The number of hydrogen-bond donors (Lipinski definition) is 0. The van der Waals surface area contributed by atoms with Gasteiger partial charge in [0, 0.05) is 13.1 Å². The van der Waals surface area contributed by atoms with Gasteiger partial charge in [-0.2, -0.15) is 0 Å². The molecule has 0 aromatic heterocycles. The minimum Gasteiger partial charge on any atom is -0.341 e. The number of carbonyl (C=O) groups is 1. The normalized spacial score (nSPS) is 17.4. The van der Waals surface area contributed by atoms with Crippen molar-refractivity contribution >= 4 is 44.8 Å². The second-order valence-electron chi connectivity index (χ2n) is 7.01. The Morgan fingerprint density at radius 3 is 2.50 bits per heavy atom. The van der Waals surface area contributed by atoms with E-state index >= 15 is 0 Å². The molecule has 28 heavy (non-hydrogen) atoms. The van der Waals surface area contributed by atoms with Crippen molar-refractivity contribution in [1.82, 2.24) is 4.90 Å². The van der Waals surface area contributed by atoms with Crippen molar-refractivity contribution in [3.8, 4) is 0 Å². The number of carbonyl (C=O) groups excluding carboxylic acids is 1. The van der Waals surface area contributed by atoms with Crippen molar-refractivity contribution in [2.24, 2.45) is 5.92 Å². The molecule has 8 heteroatoms. The van der Waals surface area contributed by atoms with Crippen molar-refractivity contribution in [2.75, 3.05) is 23.9 Å². The molecule has 3 rings (SSSR count). The summed E-state index contributed by atoms with van der Waals surface area (Å²) in [4.78, 5) is 14.8. The maximum Gasteiger partial charge on any atom is 0.264 e. The molecule has 1 saturated heterocycles. The third-order valence-corrected chi connectivity index (χ3v) is 7.34.